The molecule has 0 aromatic heterocycles. The zero-order valence-corrected chi connectivity index (χ0v) is 68.6. The molecule has 10 N–H and O–H groups in total. The number of carboxylic acids is 1. The maximum Gasteiger partial charge on any atom is 0.408 e. The van der Waals surface area contributed by atoms with E-state index in [0.29, 0.717) is 101 Å². The second-order valence-corrected chi connectivity index (χ2v) is 31.3. The quantitative estimate of drug-likeness (QED) is 0.0118. The van der Waals surface area contributed by atoms with Gasteiger partial charge in [-0.25, -0.2) is 28.8 Å². The molecule has 3 saturated heterocycles. The molecule has 2 radical (unpaired) electrons. The summed E-state index contributed by atoms with van der Waals surface area (Å²) in [6, 6.07) is -3.10. The number of hydrogen-bond donors (Lipinski definition) is 8. The van der Waals surface area contributed by atoms with Gasteiger partial charge in [0.15, 0.2) is 17.3 Å². The monoisotopic (exact) mass is 1630 g/mol. The molecule has 0 unspecified atom stereocenters. The Morgan fingerprint density at radius 3 is 0.908 bits per heavy atom. The molecule has 30 heteroatoms. The second-order valence-electron chi connectivity index (χ2n) is 31.3. The average Bonchev–Trinajstić information content (AvgIpc) is 1.65. The van der Waals surface area contributed by atoms with Crippen molar-refractivity contribution < 1.29 is 138 Å². The average molecular weight is 1630 g/mol. The van der Waals surface area contributed by atoms with Gasteiger partial charge in [0.05, 0.1) is 44.6 Å². The largest absolute Gasteiger partial charge is 0.480 e. The molecule has 0 aromatic rings. The van der Waals surface area contributed by atoms with Crippen molar-refractivity contribution in [1.82, 2.24) is 31.5 Å². The molecule has 98 heavy (non-hydrogen) atoms. The van der Waals surface area contributed by atoms with Gasteiger partial charge >= 0.3 is 36.4 Å². The van der Waals surface area contributed by atoms with Crippen molar-refractivity contribution in [2.45, 2.75) is 295 Å². The van der Waals surface area contributed by atoms with Gasteiger partial charge in [0.2, 0.25) is 5.91 Å². The molecular formula is C68H129BN6O22U. The Bertz CT molecular complexity index is 2370. The molecule has 0 saturated carbocycles. The molecule has 0 spiro atoms. The molecule has 570 valence electrons. The third-order valence-corrected chi connectivity index (χ3v) is 12.5. The van der Waals surface area contributed by atoms with Gasteiger partial charge in [0.25, 0.3) is 0 Å². The minimum Gasteiger partial charge on any atom is -0.480 e. The van der Waals surface area contributed by atoms with Crippen LogP contribution in [0.2, 0.25) is 0 Å². The van der Waals surface area contributed by atoms with Gasteiger partial charge in [0.1, 0.15) is 51.3 Å². The number of hydrogen-bond acceptors (Lipinski definition) is 20. The van der Waals surface area contributed by atoms with Crippen LogP contribution in [-0.4, -0.2) is 204 Å². The number of Topliss-reactive ketones (excluding diaryl/α,β-unsaturated/α-hetero) is 3. The zero-order chi connectivity index (χ0) is 77.2. The molecule has 28 nitrogen and oxygen atoms in total. The summed E-state index contributed by atoms with van der Waals surface area (Å²) in [5.74, 6) is -0.0113. The zero-order valence-electron chi connectivity index (χ0n) is 65.5. The summed E-state index contributed by atoms with van der Waals surface area (Å²) >= 11 is 0. The number of carbonyl (C=O) groups excluding carboxylic acids is 9. The molecule has 3 heterocycles. The number of morpholine rings is 1. The van der Waals surface area contributed by atoms with Gasteiger partial charge in [-0.05, 0) is 193 Å². The molecule has 3 aliphatic rings. The van der Waals surface area contributed by atoms with Crippen molar-refractivity contribution in [1.29, 1.82) is 1.34 Å². The van der Waals surface area contributed by atoms with Crippen LogP contribution in [0.5, 0.6) is 0 Å². The summed E-state index contributed by atoms with van der Waals surface area (Å²) in [5.41, 5.74) is -3.93. The van der Waals surface area contributed by atoms with E-state index < -0.39 is 106 Å². The smallest absolute Gasteiger partial charge is 0.408 e. The normalized spacial score (nSPS) is 17.7. The van der Waals surface area contributed by atoms with E-state index in [0.717, 1.165) is 0 Å². The first-order valence-corrected chi connectivity index (χ1v) is 32.7. The van der Waals surface area contributed by atoms with Crippen LogP contribution in [-0.2, 0) is 61.9 Å². The number of alkyl carbamates (subject to hydrolysis) is 5. The Morgan fingerprint density at radius 1 is 0.469 bits per heavy atom. The minimum atomic E-state index is -1.04. The van der Waals surface area contributed by atoms with Crippen molar-refractivity contribution >= 4 is 68.1 Å². The maximum atomic E-state index is 12.5. The van der Waals surface area contributed by atoms with Crippen molar-refractivity contribution in [3.05, 3.63) is 12.2 Å². The number of carbonyl (C=O) groups is 10. The number of ether oxygens (including phenoxy) is 8. The van der Waals surface area contributed by atoms with E-state index in [2.05, 4.69) is 41.5 Å². The van der Waals surface area contributed by atoms with Gasteiger partial charge in [0, 0.05) is 52.6 Å². The van der Waals surface area contributed by atoms with Crippen LogP contribution in [0.4, 0.5) is 24.0 Å². The van der Waals surface area contributed by atoms with E-state index in [-0.39, 0.29) is 65.8 Å². The van der Waals surface area contributed by atoms with E-state index in [4.69, 9.17) is 54.9 Å². The fraction of sp³-hybridized carbons (Fsp3) is 0.824. The van der Waals surface area contributed by atoms with Crippen molar-refractivity contribution in [3.8, 4) is 0 Å². The van der Waals surface area contributed by atoms with E-state index >= 15 is 0 Å². The summed E-state index contributed by atoms with van der Waals surface area (Å²) < 4.78 is 46.6. The molecule has 3 aliphatic heterocycles. The molecule has 3 rings (SSSR count). The minimum absolute atomic E-state index is 0. The van der Waals surface area contributed by atoms with Gasteiger partial charge < -0.3 is 80.0 Å². The van der Waals surface area contributed by atoms with Crippen LogP contribution in [0.1, 0.15) is 226 Å². The number of carboxylic acid groups (broad SMARTS) is 1. The van der Waals surface area contributed by atoms with E-state index in [1.165, 1.54) is 0 Å². The molecule has 7 atom stereocenters. The van der Waals surface area contributed by atoms with Gasteiger partial charge in [-0.1, -0.05) is 75.8 Å². The number of rotatable bonds is 23. The van der Waals surface area contributed by atoms with Crippen LogP contribution in [0.3, 0.4) is 0 Å². The van der Waals surface area contributed by atoms with Crippen LogP contribution >= 0.6 is 0 Å². The van der Waals surface area contributed by atoms with Crippen LogP contribution in [0.25, 0.3) is 0 Å². The van der Waals surface area contributed by atoms with Crippen LogP contribution in [0, 0.1) is 60.7 Å². The predicted octanol–water partition coefficient (Wildman–Crippen LogP) is 9.98. The van der Waals surface area contributed by atoms with Crippen molar-refractivity contribution in [2.75, 3.05) is 39.5 Å². The Morgan fingerprint density at radius 2 is 0.684 bits per heavy atom. The topological polar surface area (TPSA) is 407 Å². The standard InChI is InChI=1S/C15H28N2O4.2C14H25NO4.C14H25NO3.C11H21NO4.BH.H2O2.H2O.U/c1-11(2)10-12(16-14(19)21-15(3,4)5)13(18)17-6-8-20-9-7-17;2*1-9(2)7-10(11(16)14(6)8-18-14)15-12(17)19-13(3,4)5;1-9(2)8-11(12(16)10(3)4)15-13(17)18-14(5,6)7;1-7(2)6-8(9(13)14)12-10(15)16-11(3,4)5;;1-2;;/h11-12H,6-10H2,1-5H3,(H,16,19);2*9-10H,7-8H2,1-6H3,(H,15,17);9,11H,3,8H2,1-2,4-7H3,(H,15,17);7-8H,6H2,1-5H3,(H,12,15)(H,13,14);1H;1-2H;1H2;/t12-;10-,14+;10-,14-;11-;8-;;;;/m10111..../s1/i;;;;;1D;;;. The molecular weight excluding hydrogens is 1500 g/mol. The molecule has 0 aliphatic carbocycles. The number of amides is 6. The van der Waals surface area contributed by atoms with Gasteiger partial charge in [-0.15, -0.1) is 0 Å². The Hall–Kier alpha value is -5.08. The first-order chi connectivity index (χ1) is 43.9. The summed E-state index contributed by atoms with van der Waals surface area (Å²) in [7, 11) is 3.75. The summed E-state index contributed by atoms with van der Waals surface area (Å²) in [4.78, 5) is 120. The number of nitrogens with zero attached hydrogens (tertiary/aromatic N) is 1. The molecule has 3 fully saturated rings. The third kappa shape index (κ3) is 52.9. The Kier molecular flexibility index (Phi) is 48.9. The summed E-state index contributed by atoms with van der Waals surface area (Å²) in [6.07, 6.45) is -0.215. The SMILES string of the molecule is C=C(C)C(=O)[C@@H](CC(C)C)NC(=O)OC(C)(C)C.CC(C)C[C@@H](NC(=O)OC(C)(C)C)C(=O)N1CCOCC1.CC(C)C[C@@H](NC(=O)OC(C)(C)C)C(=O)O.CC(C)C[C@@H](NC(=O)OC(C)(C)C)C(=O)[C@@]1(C)CO1.CC(C)C[C@H](NC(=O)OC(C)(C)C)C(=O)[C@@]1(C)CO1.O.OO.[2H][B].[U]. The first kappa shape index (κ1) is 102. The van der Waals surface area contributed by atoms with Crippen molar-refractivity contribution in [3.63, 3.8) is 0 Å². The third-order valence-electron chi connectivity index (χ3n) is 12.5. The van der Waals surface area contributed by atoms with E-state index in [1.54, 1.807) is 130 Å². The number of nitrogens with one attached hydrogen (secondary N) is 5. The fourth-order valence-electron chi connectivity index (χ4n) is 8.28. The van der Waals surface area contributed by atoms with E-state index in [1.807, 2.05) is 69.2 Å². The summed E-state index contributed by atoms with van der Waals surface area (Å²) in [5, 5.41) is 33.9. The van der Waals surface area contributed by atoms with E-state index in [9.17, 15) is 47.9 Å². The van der Waals surface area contributed by atoms with Gasteiger partial charge in [-0.2, -0.15) is 0 Å². The second kappa shape index (κ2) is 47.2. The fourth-order valence-corrected chi connectivity index (χ4v) is 8.28. The molecule has 6 amide bonds. The number of aliphatic carboxylic acids is 1. The van der Waals surface area contributed by atoms with Crippen LogP contribution < -0.4 is 26.6 Å². The Labute approximate surface area is 612 Å². The number of epoxide rings is 2. The Balaban J connectivity index is -0.000000269. The number of ketones is 3. The summed E-state index contributed by atoms with van der Waals surface area (Å²) in [6.45, 7) is 58.4. The van der Waals surface area contributed by atoms with Crippen molar-refractivity contribution in [2.24, 2.45) is 29.6 Å². The maximum absolute atomic E-state index is 12.5. The molecule has 0 bridgehead atoms. The predicted molar refractivity (Wildman–Crippen MR) is 373 cm³/mol. The van der Waals surface area contributed by atoms with Crippen LogP contribution in [0.15, 0.2) is 12.2 Å². The van der Waals surface area contributed by atoms with Gasteiger partial charge in [-0.3, -0.25) is 29.7 Å². The first-order valence-electron chi connectivity index (χ1n) is 33.3. The molecule has 0 aromatic carbocycles.